The highest BCUT2D eigenvalue weighted by Crippen LogP contribution is 2.16. The zero-order chi connectivity index (χ0) is 9.56. The Morgan fingerprint density at radius 1 is 1.58 bits per heavy atom. The van der Waals surface area contributed by atoms with E-state index < -0.39 is 0 Å². The summed E-state index contributed by atoms with van der Waals surface area (Å²) in [6.07, 6.45) is 2.96. The third-order valence-electron chi connectivity index (χ3n) is 1.89. The van der Waals surface area contributed by atoms with E-state index in [9.17, 15) is 4.79 Å². The van der Waals surface area contributed by atoms with Crippen molar-refractivity contribution in [2.24, 2.45) is 5.92 Å². The van der Waals surface area contributed by atoms with Gasteiger partial charge in [0.05, 0.1) is 0 Å². The quantitative estimate of drug-likeness (QED) is 0.460. The summed E-state index contributed by atoms with van der Waals surface area (Å²) >= 11 is 0. The molecule has 2 unspecified atom stereocenters. The predicted octanol–water partition coefficient (Wildman–Crippen LogP) is 2.86. The Morgan fingerprint density at radius 2 is 2.17 bits per heavy atom. The molecule has 1 nitrogen and oxygen atoms in total. The number of carbonyl (C=O) groups excluding carboxylic acids is 1. The highest BCUT2D eigenvalue weighted by Gasteiger charge is 2.05. The largest absolute Gasteiger partial charge is 0.295 e. The van der Waals surface area contributed by atoms with E-state index in [2.05, 4.69) is 20.2 Å². The van der Waals surface area contributed by atoms with Crippen molar-refractivity contribution in [3.63, 3.8) is 0 Å². The van der Waals surface area contributed by atoms with E-state index in [1.807, 2.05) is 0 Å². The Kier molecular flexibility index (Phi) is 6.28. The molecule has 70 valence electrons. The van der Waals surface area contributed by atoms with Gasteiger partial charge in [0, 0.05) is 6.42 Å². The normalized spacial score (nSPS) is 13.6. The molecule has 0 N–H and O–H groups in total. The number of hydrogen-bond donors (Lipinski definition) is 0. The zero-order valence-electron chi connectivity index (χ0n) is 8.31. The molecule has 0 bridgehead atoms. The van der Waals surface area contributed by atoms with Crippen molar-refractivity contribution < 1.29 is 4.79 Å². The molecule has 0 aliphatic rings. The van der Waals surface area contributed by atoms with Gasteiger partial charge in [-0.15, -0.1) is 8.58 Å². The van der Waals surface area contributed by atoms with E-state index >= 15 is 0 Å². The first-order chi connectivity index (χ1) is 5.57. The minimum atomic E-state index is 0.223. The van der Waals surface area contributed by atoms with Crippen molar-refractivity contribution in [2.45, 2.75) is 26.7 Å². The number of hydrogen-bond acceptors (Lipinski definition) is 1. The van der Waals surface area contributed by atoms with Gasteiger partial charge in [-0.2, -0.15) is 0 Å². The van der Waals surface area contributed by atoms with E-state index in [-0.39, 0.29) is 5.78 Å². The smallest absolute Gasteiger partial charge is 0.157 e. The van der Waals surface area contributed by atoms with Crippen LogP contribution in [0.2, 0.25) is 0 Å². The Hall–Kier alpha value is -0.160. The van der Waals surface area contributed by atoms with Crippen LogP contribution in [0.25, 0.3) is 0 Å². The van der Waals surface area contributed by atoms with Crippen LogP contribution in [-0.4, -0.2) is 18.6 Å². The molecule has 0 spiro atoms. The molecule has 2 heteroatoms. The summed E-state index contributed by atoms with van der Waals surface area (Å²) in [6.45, 7) is 9.83. The van der Waals surface area contributed by atoms with Crippen LogP contribution in [0.3, 0.4) is 0 Å². The molecular formula is C10H19OP. The second-order valence-electron chi connectivity index (χ2n) is 3.41. The summed E-state index contributed by atoms with van der Waals surface area (Å²) in [5, 5.41) is 0. The standard InChI is InChI=1S/C10H19OP/c1-8(2)10(11)6-5-9(3)7-12-4/h9,12H,1,5-7H2,2-4H3. The molecule has 2 atom stereocenters. The molecule has 0 saturated carbocycles. The summed E-state index contributed by atoms with van der Waals surface area (Å²) in [5.74, 6) is 0.915. The van der Waals surface area contributed by atoms with Crippen LogP contribution >= 0.6 is 8.58 Å². The SMILES string of the molecule is C=C(C)C(=O)CCC(C)CPC. The van der Waals surface area contributed by atoms with E-state index in [1.54, 1.807) is 6.92 Å². The number of allylic oxidation sites excluding steroid dienone is 1. The third kappa shape index (κ3) is 5.49. The maximum atomic E-state index is 11.2. The fraction of sp³-hybridized carbons (Fsp3) is 0.700. The Bertz CT molecular complexity index is 163. The maximum absolute atomic E-state index is 11.2. The van der Waals surface area contributed by atoms with Gasteiger partial charge in [-0.1, -0.05) is 13.5 Å². The van der Waals surface area contributed by atoms with Gasteiger partial charge in [-0.05, 0) is 37.7 Å². The summed E-state index contributed by atoms with van der Waals surface area (Å²) in [6, 6.07) is 0. The minimum absolute atomic E-state index is 0.223. The second-order valence-corrected chi connectivity index (χ2v) is 4.52. The molecule has 0 saturated heterocycles. The van der Waals surface area contributed by atoms with Crippen LogP contribution in [0.5, 0.6) is 0 Å². The number of Topliss-reactive ketones (excluding diaryl/α,β-unsaturated/α-hetero) is 1. The predicted molar refractivity (Wildman–Crippen MR) is 57.3 cm³/mol. The maximum Gasteiger partial charge on any atom is 0.157 e. The lowest BCUT2D eigenvalue weighted by Crippen LogP contribution is -2.04. The molecule has 0 aromatic carbocycles. The third-order valence-corrected chi connectivity index (χ3v) is 3.00. The van der Waals surface area contributed by atoms with Gasteiger partial charge in [0.1, 0.15) is 0 Å². The fourth-order valence-electron chi connectivity index (χ4n) is 1.04. The highest BCUT2D eigenvalue weighted by molar-refractivity contribution is 7.36. The van der Waals surface area contributed by atoms with Gasteiger partial charge < -0.3 is 0 Å². The van der Waals surface area contributed by atoms with Crippen molar-refractivity contribution in [2.75, 3.05) is 12.8 Å². The molecule has 0 radical (unpaired) electrons. The van der Waals surface area contributed by atoms with Crippen molar-refractivity contribution in [3.05, 3.63) is 12.2 Å². The minimum Gasteiger partial charge on any atom is -0.295 e. The van der Waals surface area contributed by atoms with Crippen molar-refractivity contribution in [3.8, 4) is 0 Å². The zero-order valence-corrected chi connectivity index (χ0v) is 9.31. The van der Waals surface area contributed by atoms with Crippen LogP contribution in [0, 0.1) is 5.92 Å². The summed E-state index contributed by atoms with van der Waals surface area (Å²) in [5.41, 5.74) is 0.696. The average molecular weight is 186 g/mol. The molecule has 0 aliphatic heterocycles. The first kappa shape index (κ1) is 11.8. The molecule has 0 rings (SSSR count). The van der Waals surface area contributed by atoms with E-state index in [0.717, 1.165) is 15.0 Å². The first-order valence-corrected chi connectivity index (χ1v) is 6.12. The Labute approximate surface area is 77.4 Å². The van der Waals surface area contributed by atoms with Gasteiger partial charge >= 0.3 is 0 Å². The summed E-state index contributed by atoms with van der Waals surface area (Å²) in [4.78, 5) is 11.2. The molecule has 0 heterocycles. The van der Waals surface area contributed by atoms with Crippen LogP contribution in [0.1, 0.15) is 26.7 Å². The summed E-state index contributed by atoms with van der Waals surface area (Å²) < 4.78 is 0. The van der Waals surface area contributed by atoms with Crippen LogP contribution < -0.4 is 0 Å². The molecular weight excluding hydrogens is 167 g/mol. The molecule has 0 aromatic heterocycles. The van der Waals surface area contributed by atoms with Crippen LogP contribution in [0.15, 0.2) is 12.2 Å². The lowest BCUT2D eigenvalue weighted by molar-refractivity contribution is -0.115. The Morgan fingerprint density at radius 3 is 2.58 bits per heavy atom. The number of rotatable bonds is 6. The summed E-state index contributed by atoms with van der Waals surface area (Å²) in [7, 11) is 1.00. The van der Waals surface area contributed by atoms with Crippen molar-refractivity contribution in [1.82, 2.24) is 0 Å². The second kappa shape index (κ2) is 6.37. The van der Waals surface area contributed by atoms with Gasteiger partial charge in [0.2, 0.25) is 0 Å². The topological polar surface area (TPSA) is 17.1 Å². The van der Waals surface area contributed by atoms with Crippen molar-refractivity contribution >= 4 is 14.4 Å². The molecule has 0 fully saturated rings. The Balaban J connectivity index is 3.54. The van der Waals surface area contributed by atoms with E-state index in [0.29, 0.717) is 17.9 Å². The molecule has 0 aliphatic carbocycles. The highest BCUT2D eigenvalue weighted by atomic mass is 31.1. The lowest BCUT2D eigenvalue weighted by atomic mass is 10.0. The van der Waals surface area contributed by atoms with Crippen LogP contribution in [-0.2, 0) is 4.79 Å². The van der Waals surface area contributed by atoms with Gasteiger partial charge in [-0.3, -0.25) is 4.79 Å². The fourth-order valence-corrected chi connectivity index (χ4v) is 1.94. The van der Waals surface area contributed by atoms with E-state index in [4.69, 9.17) is 0 Å². The number of carbonyl (C=O) groups is 1. The monoisotopic (exact) mass is 186 g/mol. The number of ketones is 1. The molecule has 12 heavy (non-hydrogen) atoms. The molecule has 0 aromatic rings. The van der Waals surface area contributed by atoms with Gasteiger partial charge in [0.25, 0.3) is 0 Å². The van der Waals surface area contributed by atoms with Gasteiger partial charge in [-0.25, -0.2) is 0 Å². The molecule has 0 amide bonds. The lowest BCUT2D eigenvalue weighted by Gasteiger charge is -2.08. The van der Waals surface area contributed by atoms with Crippen LogP contribution in [0.4, 0.5) is 0 Å². The first-order valence-electron chi connectivity index (χ1n) is 4.41. The van der Waals surface area contributed by atoms with E-state index in [1.165, 1.54) is 6.16 Å². The van der Waals surface area contributed by atoms with Gasteiger partial charge in [0.15, 0.2) is 5.78 Å². The van der Waals surface area contributed by atoms with Crippen molar-refractivity contribution in [1.29, 1.82) is 0 Å². The average Bonchev–Trinajstić information content (AvgIpc) is 2.00.